The van der Waals surface area contributed by atoms with E-state index >= 15 is 0 Å². The Morgan fingerprint density at radius 2 is 1.81 bits per heavy atom. The molecule has 0 bridgehead atoms. The van der Waals surface area contributed by atoms with Gasteiger partial charge in [0.2, 0.25) is 0 Å². The minimum atomic E-state index is -0.862. The Labute approximate surface area is 93.9 Å². The van der Waals surface area contributed by atoms with Gasteiger partial charge < -0.3 is 9.84 Å². The first-order valence-corrected chi connectivity index (χ1v) is 5.01. The quantitative estimate of drug-likeness (QED) is 0.479. The van der Waals surface area contributed by atoms with Crippen molar-refractivity contribution in [1.82, 2.24) is 0 Å². The smallest absolute Gasteiger partial charge is 0.379 e. The summed E-state index contributed by atoms with van der Waals surface area (Å²) in [6.45, 7) is 4.00. The van der Waals surface area contributed by atoms with Crippen molar-refractivity contribution in [2.75, 3.05) is 6.61 Å². The first-order chi connectivity index (χ1) is 7.50. The largest absolute Gasteiger partial charge is 0.508 e. The third-order valence-corrected chi connectivity index (χ3v) is 1.86. The maximum absolute atomic E-state index is 11.5. The molecular formula is C12H14O4. The number of esters is 1. The number of rotatable bonds is 4. The van der Waals surface area contributed by atoms with Gasteiger partial charge in [0.1, 0.15) is 5.75 Å². The standard InChI is InChI=1S/C12H14O4/c1-8(2)7-16-12(15)11(14)9-3-5-10(13)6-4-9/h3-6,8,13H,7H2,1-2H3. The number of Topliss-reactive ketones (excluding diaryl/α,β-unsaturated/α-hetero) is 1. The van der Waals surface area contributed by atoms with E-state index in [-0.39, 0.29) is 23.8 Å². The summed E-state index contributed by atoms with van der Waals surface area (Å²) in [5.74, 6) is -1.32. The molecule has 16 heavy (non-hydrogen) atoms. The highest BCUT2D eigenvalue weighted by Crippen LogP contribution is 2.10. The molecule has 4 nitrogen and oxygen atoms in total. The number of hydrogen-bond donors (Lipinski definition) is 1. The maximum atomic E-state index is 11.5. The molecule has 0 aliphatic heterocycles. The zero-order valence-corrected chi connectivity index (χ0v) is 9.27. The molecule has 1 N–H and O–H groups in total. The van der Waals surface area contributed by atoms with E-state index in [9.17, 15) is 9.59 Å². The van der Waals surface area contributed by atoms with Gasteiger partial charge in [0.05, 0.1) is 6.61 Å². The van der Waals surface area contributed by atoms with E-state index in [4.69, 9.17) is 9.84 Å². The Hall–Kier alpha value is -1.84. The molecule has 0 spiro atoms. The van der Waals surface area contributed by atoms with Crippen LogP contribution in [0.4, 0.5) is 0 Å². The van der Waals surface area contributed by atoms with Crippen LogP contribution in [0.3, 0.4) is 0 Å². The summed E-state index contributed by atoms with van der Waals surface area (Å²) in [7, 11) is 0. The van der Waals surface area contributed by atoms with Crippen LogP contribution in [0.2, 0.25) is 0 Å². The van der Waals surface area contributed by atoms with Gasteiger partial charge >= 0.3 is 5.97 Å². The predicted octanol–water partition coefficient (Wildman–Crippen LogP) is 1.77. The number of carbonyl (C=O) groups is 2. The van der Waals surface area contributed by atoms with Crippen molar-refractivity contribution >= 4 is 11.8 Å². The Bertz CT molecular complexity index is 379. The van der Waals surface area contributed by atoms with Gasteiger partial charge in [-0.25, -0.2) is 4.79 Å². The van der Waals surface area contributed by atoms with Crippen LogP contribution in [-0.4, -0.2) is 23.5 Å². The molecule has 0 atom stereocenters. The van der Waals surface area contributed by atoms with Crippen molar-refractivity contribution in [3.05, 3.63) is 29.8 Å². The molecule has 1 rings (SSSR count). The number of aromatic hydroxyl groups is 1. The number of ketones is 1. The first kappa shape index (κ1) is 12.2. The highest BCUT2D eigenvalue weighted by molar-refractivity contribution is 6.40. The summed E-state index contributed by atoms with van der Waals surface area (Å²) in [4.78, 5) is 22.8. The molecule has 0 saturated carbocycles. The van der Waals surface area contributed by atoms with Crippen molar-refractivity contribution in [3.63, 3.8) is 0 Å². The van der Waals surface area contributed by atoms with Gasteiger partial charge in [-0.1, -0.05) is 13.8 Å². The van der Waals surface area contributed by atoms with E-state index in [1.54, 1.807) is 0 Å². The second-order valence-corrected chi connectivity index (χ2v) is 3.87. The Morgan fingerprint density at radius 1 is 1.25 bits per heavy atom. The average molecular weight is 222 g/mol. The van der Waals surface area contributed by atoms with E-state index in [2.05, 4.69) is 0 Å². The van der Waals surface area contributed by atoms with E-state index in [1.165, 1.54) is 24.3 Å². The van der Waals surface area contributed by atoms with Crippen LogP contribution < -0.4 is 0 Å². The lowest BCUT2D eigenvalue weighted by Gasteiger charge is -2.06. The molecular weight excluding hydrogens is 208 g/mol. The predicted molar refractivity (Wildman–Crippen MR) is 58.2 cm³/mol. The van der Waals surface area contributed by atoms with Crippen LogP contribution in [0.15, 0.2) is 24.3 Å². The second-order valence-electron chi connectivity index (χ2n) is 3.87. The van der Waals surface area contributed by atoms with Crippen molar-refractivity contribution in [1.29, 1.82) is 0 Å². The highest BCUT2D eigenvalue weighted by Gasteiger charge is 2.17. The van der Waals surface area contributed by atoms with E-state index in [1.807, 2.05) is 13.8 Å². The lowest BCUT2D eigenvalue weighted by Crippen LogP contribution is -2.19. The molecule has 0 saturated heterocycles. The van der Waals surface area contributed by atoms with Crippen LogP contribution >= 0.6 is 0 Å². The lowest BCUT2D eigenvalue weighted by atomic mass is 10.1. The molecule has 1 aromatic carbocycles. The Balaban J connectivity index is 2.64. The maximum Gasteiger partial charge on any atom is 0.379 e. The minimum absolute atomic E-state index is 0.0482. The SMILES string of the molecule is CC(C)COC(=O)C(=O)c1ccc(O)cc1. The molecule has 0 amide bonds. The van der Waals surface area contributed by atoms with Crippen LogP contribution in [-0.2, 0) is 9.53 Å². The fourth-order valence-corrected chi connectivity index (χ4v) is 1.04. The van der Waals surface area contributed by atoms with Crippen molar-refractivity contribution in [3.8, 4) is 5.75 Å². The molecule has 0 aromatic heterocycles. The summed E-state index contributed by atoms with van der Waals surface area (Å²) < 4.78 is 4.80. The van der Waals surface area contributed by atoms with Crippen LogP contribution in [0.5, 0.6) is 5.75 Å². The number of carbonyl (C=O) groups excluding carboxylic acids is 2. The van der Waals surface area contributed by atoms with Crippen molar-refractivity contribution < 1.29 is 19.4 Å². The monoisotopic (exact) mass is 222 g/mol. The van der Waals surface area contributed by atoms with Gasteiger partial charge in [-0.2, -0.15) is 0 Å². The molecule has 0 aliphatic rings. The summed E-state index contributed by atoms with van der Waals surface area (Å²) >= 11 is 0. The topological polar surface area (TPSA) is 63.6 Å². The number of phenols is 1. The van der Waals surface area contributed by atoms with Crippen LogP contribution in [0.1, 0.15) is 24.2 Å². The minimum Gasteiger partial charge on any atom is -0.508 e. The Morgan fingerprint density at radius 3 is 2.31 bits per heavy atom. The third kappa shape index (κ3) is 3.38. The first-order valence-electron chi connectivity index (χ1n) is 5.01. The number of ether oxygens (including phenoxy) is 1. The summed E-state index contributed by atoms with van der Waals surface area (Å²) in [5.41, 5.74) is 0.214. The van der Waals surface area contributed by atoms with Crippen LogP contribution in [0.25, 0.3) is 0 Å². The third-order valence-electron chi connectivity index (χ3n) is 1.86. The molecule has 1 aromatic rings. The Kier molecular flexibility index (Phi) is 4.05. The lowest BCUT2D eigenvalue weighted by molar-refractivity contribution is -0.139. The normalized spacial score (nSPS) is 10.2. The van der Waals surface area contributed by atoms with Gasteiger partial charge in [-0.3, -0.25) is 4.79 Å². The molecule has 0 aliphatic carbocycles. The molecule has 0 heterocycles. The van der Waals surface area contributed by atoms with Gasteiger partial charge in [-0.05, 0) is 30.2 Å². The highest BCUT2D eigenvalue weighted by atomic mass is 16.5. The molecule has 0 fully saturated rings. The van der Waals surface area contributed by atoms with Crippen molar-refractivity contribution in [2.45, 2.75) is 13.8 Å². The fraction of sp³-hybridized carbons (Fsp3) is 0.333. The van der Waals surface area contributed by atoms with E-state index in [0.29, 0.717) is 0 Å². The zero-order valence-electron chi connectivity index (χ0n) is 9.27. The van der Waals surface area contributed by atoms with Gasteiger partial charge in [-0.15, -0.1) is 0 Å². The zero-order chi connectivity index (χ0) is 12.1. The molecule has 0 unspecified atom stereocenters. The molecule has 4 heteroatoms. The fourth-order valence-electron chi connectivity index (χ4n) is 1.04. The number of phenolic OH excluding ortho intramolecular Hbond substituents is 1. The van der Waals surface area contributed by atoms with Gasteiger partial charge in [0, 0.05) is 5.56 Å². The summed E-state index contributed by atoms with van der Waals surface area (Å²) in [6.07, 6.45) is 0. The van der Waals surface area contributed by atoms with Gasteiger partial charge in [0.15, 0.2) is 0 Å². The van der Waals surface area contributed by atoms with Gasteiger partial charge in [0.25, 0.3) is 5.78 Å². The number of hydrogen-bond acceptors (Lipinski definition) is 4. The van der Waals surface area contributed by atoms with E-state index in [0.717, 1.165) is 0 Å². The summed E-state index contributed by atoms with van der Waals surface area (Å²) in [6, 6.07) is 5.47. The van der Waals surface area contributed by atoms with E-state index < -0.39 is 11.8 Å². The molecule has 86 valence electrons. The average Bonchev–Trinajstić information content (AvgIpc) is 2.26. The van der Waals surface area contributed by atoms with Crippen molar-refractivity contribution in [2.24, 2.45) is 5.92 Å². The van der Waals surface area contributed by atoms with Crippen LogP contribution in [0, 0.1) is 5.92 Å². The number of benzene rings is 1. The second kappa shape index (κ2) is 5.30. The molecule has 0 radical (unpaired) electrons. The summed E-state index contributed by atoms with van der Waals surface area (Å²) in [5, 5.41) is 9.03.